The fourth-order valence-electron chi connectivity index (χ4n) is 5.79. The van der Waals surface area contributed by atoms with Crippen molar-refractivity contribution >= 4 is 8.56 Å². The monoisotopic (exact) mass is 541 g/mol. The first-order valence-corrected chi connectivity index (χ1v) is 19.6. The van der Waals surface area contributed by atoms with Gasteiger partial charge in [-0.3, -0.25) is 0 Å². The summed E-state index contributed by atoms with van der Waals surface area (Å²) in [5.41, 5.74) is 0. The highest BCUT2D eigenvalue weighted by Crippen LogP contribution is 2.25. The standard InChI is InChI=1S/C34H72O2Si/c1-5-7-9-11-13-15-17-19-21-23-25-27-29-31-33-37(35-3,36-4)34-32-30-28-26-24-22-20-18-16-14-12-10-8-6-2/h5-34H2,1-4H3. The van der Waals surface area contributed by atoms with Crippen molar-refractivity contribution in [2.45, 2.75) is 206 Å². The van der Waals surface area contributed by atoms with E-state index in [4.69, 9.17) is 8.85 Å². The van der Waals surface area contributed by atoms with Crippen LogP contribution < -0.4 is 0 Å². The molecule has 0 amide bonds. The lowest BCUT2D eigenvalue weighted by Crippen LogP contribution is -2.39. The van der Waals surface area contributed by atoms with E-state index in [-0.39, 0.29) is 0 Å². The fraction of sp³-hybridized carbons (Fsp3) is 1.00. The molecule has 37 heavy (non-hydrogen) atoms. The Morgan fingerprint density at radius 1 is 0.297 bits per heavy atom. The van der Waals surface area contributed by atoms with Gasteiger partial charge in [0.15, 0.2) is 0 Å². The molecule has 0 aromatic heterocycles. The zero-order valence-corrected chi connectivity index (χ0v) is 27.5. The van der Waals surface area contributed by atoms with Crippen LogP contribution in [0.2, 0.25) is 12.1 Å². The molecular formula is C34H72O2Si. The summed E-state index contributed by atoms with van der Waals surface area (Å²) in [4.78, 5) is 0. The molecule has 0 saturated heterocycles. The summed E-state index contributed by atoms with van der Waals surface area (Å²) < 4.78 is 12.1. The van der Waals surface area contributed by atoms with Crippen molar-refractivity contribution < 1.29 is 8.85 Å². The molecule has 0 rings (SSSR count). The van der Waals surface area contributed by atoms with E-state index in [0.717, 1.165) is 0 Å². The zero-order valence-electron chi connectivity index (χ0n) is 26.5. The molecule has 0 aliphatic carbocycles. The van der Waals surface area contributed by atoms with Gasteiger partial charge in [-0.15, -0.1) is 0 Å². The van der Waals surface area contributed by atoms with Gasteiger partial charge in [-0.1, -0.05) is 194 Å². The molecule has 0 heterocycles. The second-order valence-corrected chi connectivity index (χ2v) is 15.6. The highest BCUT2D eigenvalue weighted by molar-refractivity contribution is 6.67. The zero-order chi connectivity index (χ0) is 27.1. The molecule has 0 fully saturated rings. The summed E-state index contributed by atoms with van der Waals surface area (Å²) in [5, 5.41) is 0. The van der Waals surface area contributed by atoms with Crippen molar-refractivity contribution in [1.29, 1.82) is 0 Å². The lowest BCUT2D eigenvalue weighted by atomic mass is 10.0. The van der Waals surface area contributed by atoms with Gasteiger partial charge in [-0.25, -0.2) is 0 Å². The van der Waals surface area contributed by atoms with Gasteiger partial charge in [0.25, 0.3) is 0 Å². The van der Waals surface area contributed by atoms with Crippen LogP contribution in [-0.2, 0) is 8.85 Å². The molecule has 3 heteroatoms. The maximum Gasteiger partial charge on any atom is 0.337 e. The quantitative estimate of drug-likeness (QED) is 0.0623. The maximum absolute atomic E-state index is 6.03. The molecule has 0 aromatic carbocycles. The SMILES string of the molecule is CCCCCCCCCCCCCCCC[Si](CCCCCCCCCCCCCCCC)(OC)OC. The molecule has 0 radical (unpaired) electrons. The van der Waals surface area contributed by atoms with Gasteiger partial charge in [-0.2, -0.15) is 0 Å². The summed E-state index contributed by atoms with van der Waals surface area (Å²) in [6.45, 7) is 4.60. The lowest BCUT2D eigenvalue weighted by molar-refractivity contribution is 0.238. The topological polar surface area (TPSA) is 18.5 Å². The second kappa shape index (κ2) is 30.7. The van der Waals surface area contributed by atoms with Crippen LogP contribution in [0.5, 0.6) is 0 Å². The van der Waals surface area contributed by atoms with Gasteiger partial charge in [0, 0.05) is 14.2 Å². The van der Waals surface area contributed by atoms with Crippen molar-refractivity contribution in [2.24, 2.45) is 0 Å². The summed E-state index contributed by atoms with van der Waals surface area (Å²) >= 11 is 0. The van der Waals surface area contributed by atoms with Crippen molar-refractivity contribution in [3.63, 3.8) is 0 Å². The first-order chi connectivity index (χ1) is 18.2. The van der Waals surface area contributed by atoms with Crippen LogP contribution in [0.3, 0.4) is 0 Å². The first kappa shape index (κ1) is 37.1. The second-order valence-electron chi connectivity index (χ2n) is 12.0. The number of rotatable bonds is 32. The summed E-state index contributed by atoms with van der Waals surface area (Å²) in [7, 11) is 1.86. The molecule has 0 saturated carbocycles. The van der Waals surface area contributed by atoms with Gasteiger partial charge in [0.05, 0.1) is 0 Å². The molecule has 0 bridgehead atoms. The Morgan fingerprint density at radius 2 is 0.486 bits per heavy atom. The highest BCUT2D eigenvalue weighted by atomic mass is 28.4. The Kier molecular flexibility index (Phi) is 30.8. The van der Waals surface area contributed by atoms with E-state index in [2.05, 4.69) is 13.8 Å². The van der Waals surface area contributed by atoms with Crippen LogP contribution in [0, 0.1) is 0 Å². The van der Waals surface area contributed by atoms with E-state index < -0.39 is 8.56 Å². The number of hydrogen-bond donors (Lipinski definition) is 0. The molecular weight excluding hydrogens is 468 g/mol. The van der Waals surface area contributed by atoms with Crippen LogP contribution in [-0.4, -0.2) is 22.8 Å². The minimum atomic E-state index is -1.95. The van der Waals surface area contributed by atoms with Crippen molar-refractivity contribution in [2.75, 3.05) is 14.2 Å². The van der Waals surface area contributed by atoms with Crippen LogP contribution in [0.25, 0.3) is 0 Å². The Morgan fingerprint density at radius 3 is 0.676 bits per heavy atom. The average molecular weight is 541 g/mol. The highest BCUT2D eigenvalue weighted by Gasteiger charge is 2.33. The van der Waals surface area contributed by atoms with Crippen LogP contribution in [0.15, 0.2) is 0 Å². The van der Waals surface area contributed by atoms with Crippen LogP contribution >= 0.6 is 0 Å². The predicted molar refractivity (Wildman–Crippen MR) is 170 cm³/mol. The Labute approximate surface area is 237 Å². The number of unbranched alkanes of at least 4 members (excludes halogenated alkanes) is 26. The van der Waals surface area contributed by atoms with E-state index in [1.165, 1.54) is 192 Å². The van der Waals surface area contributed by atoms with Gasteiger partial charge >= 0.3 is 8.56 Å². The minimum absolute atomic E-state index is 1.19. The van der Waals surface area contributed by atoms with E-state index in [1.807, 2.05) is 14.2 Å². The third-order valence-electron chi connectivity index (χ3n) is 8.57. The van der Waals surface area contributed by atoms with Gasteiger partial charge in [0.1, 0.15) is 0 Å². The Balaban J connectivity index is 3.54. The maximum atomic E-state index is 6.03. The summed E-state index contributed by atoms with van der Waals surface area (Å²) in [6, 6.07) is 2.38. The van der Waals surface area contributed by atoms with Gasteiger partial charge in [0.2, 0.25) is 0 Å². The summed E-state index contributed by atoms with van der Waals surface area (Å²) in [6.07, 6.45) is 39.8. The summed E-state index contributed by atoms with van der Waals surface area (Å²) in [5.74, 6) is 0. The van der Waals surface area contributed by atoms with Crippen molar-refractivity contribution in [3.05, 3.63) is 0 Å². The molecule has 0 unspecified atom stereocenters. The van der Waals surface area contributed by atoms with Crippen LogP contribution in [0.4, 0.5) is 0 Å². The molecule has 0 spiro atoms. The molecule has 0 aromatic rings. The Hall–Kier alpha value is 0.137. The predicted octanol–water partition coefficient (Wildman–Crippen LogP) is 12.7. The smallest absolute Gasteiger partial charge is 0.337 e. The first-order valence-electron chi connectivity index (χ1n) is 17.3. The van der Waals surface area contributed by atoms with Gasteiger partial charge in [-0.05, 0) is 12.1 Å². The largest absolute Gasteiger partial charge is 0.398 e. The van der Waals surface area contributed by atoms with Crippen molar-refractivity contribution in [3.8, 4) is 0 Å². The number of hydrogen-bond acceptors (Lipinski definition) is 2. The van der Waals surface area contributed by atoms with E-state index in [0.29, 0.717) is 0 Å². The van der Waals surface area contributed by atoms with E-state index >= 15 is 0 Å². The molecule has 0 atom stereocenters. The van der Waals surface area contributed by atoms with Gasteiger partial charge < -0.3 is 8.85 Å². The van der Waals surface area contributed by atoms with Crippen molar-refractivity contribution in [1.82, 2.24) is 0 Å². The molecule has 0 aliphatic rings. The lowest BCUT2D eigenvalue weighted by Gasteiger charge is -2.27. The van der Waals surface area contributed by atoms with E-state index in [1.54, 1.807) is 0 Å². The molecule has 2 nitrogen and oxygen atoms in total. The van der Waals surface area contributed by atoms with Crippen LogP contribution in [0.1, 0.15) is 194 Å². The molecule has 0 N–H and O–H groups in total. The Bertz CT molecular complexity index is 377. The fourth-order valence-corrected chi connectivity index (χ4v) is 8.60. The molecule has 0 aliphatic heterocycles. The third kappa shape index (κ3) is 26.1. The average Bonchev–Trinajstić information content (AvgIpc) is 2.92. The third-order valence-corrected chi connectivity index (χ3v) is 12.3. The molecule has 224 valence electrons. The minimum Gasteiger partial charge on any atom is -0.398 e. The normalized spacial score (nSPS) is 12.0. The van der Waals surface area contributed by atoms with E-state index in [9.17, 15) is 0 Å².